The van der Waals surface area contributed by atoms with Gasteiger partial charge in [-0.2, -0.15) is 5.10 Å². The van der Waals surface area contributed by atoms with Gasteiger partial charge in [-0.3, -0.25) is 19.9 Å². The van der Waals surface area contributed by atoms with Gasteiger partial charge in [-0.05, 0) is 60.0 Å². The quantitative estimate of drug-likeness (QED) is 0.187. The van der Waals surface area contributed by atoms with E-state index in [0.717, 1.165) is 40.8 Å². The number of carbonyl (C=O) groups is 1. The monoisotopic (exact) mass is 598 g/mol. The van der Waals surface area contributed by atoms with E-state index in [0.29, 0.717) is 45.9 Å². The van der Waals surface area contributed by atoms with Crippen molar-refractivity contribution < 1.29 is 17.6 Å². The second-order valence-corrected chi connectivity index (χ2v) is 12.4. The van der Waals surface area contributed by atoms with Crippen molar-refractivity contribution >= 4 is 43.4 Å². The SMILES string of the molecule is CCCC(=O)Nc1cncc(-c2ccc3[nH]nc(-c4nc5c(-c6cc(F)cc(C(N)S(C)(=O)=O)c6)nccc5[nH]4)c3c2)c1. The number of nitrogens with zero attached hydrogens (tertiary/aromatic N) is 4. The largest absolute Gasteiger partial charge is 0.336 e. The number of sulfone groups is 1. The van der Waals surface area contributed by atoms with E-state index in [9.17, 15) is 17.6 Å². The second-order valence-electron chi connectivity index (χ2n) is 10.3. The van der Waals surface area contributed by atoms with Gasteiger partial charge >= 0.3 is 0 Å². The molecule has 4 heterocycles. The Kier molecular flexibility index (Phi) is 7.20. The van der Waals surface area contributed by atoms with E-state index < -0.39 is 21.0 Å². The Balaban J connectivity index is 1.40. The standard InChI is InChI=1S/C30H27FN8O3S/c1-3-4-25(40)35-21-12-19(14-33-15-21)16-5-6-23-22(13-16)27(39-38-23)30-36-24-7-8-34-26(28(24)37-30)17-9-18(11-20(31)10-17)29(32)43(2,41)42/h5-15,29H,3-4,32H2,1-2H3,(H,35,40)(H,36,37)(H,38,39). The number of fused-ring (bicyclic) bond motifs is 2. The molecule has 218 valence electrons. The molecule has 0 aliphatic heterocycles. The molecule has 2 aromatic carbocycles. The highest BCUT2D eigenvalue weighted by Gasteiger charge is 2.21. The van der Waals surface area contributed by atoms with Crippen LogP contribution in [0.5, 0.6) is 0 Å². The van der Waals surface area contributed by atoms with Crippen molar-refractivity contribution in [3.8, 4) is 33.9 Å². The summed E-state index contributed by atoms with van der Waals surface area (Å²) in [5.74, 6) is -0.258. The number of aromatic amines is 2. The molecule has 0 aliphatic rings. The molecule has 5 N–H and O–H groups in total. The van der Waals surface area contributed by atoms with Crippen LogP contribution >= 0.6 is 0 Å². The van der Waals surface area contributed by atoms with Crippen molar-refractivity contribution in [1.82, 2.24) is 30.1 Å². The molecule has 0 spiro atoms. The van der Waals surface area contributed by atoms with E-state index in [4.69, 9.17) is 10.7 Å². The van der Waals surface area contributed by atoms with Crippen molar-refractivity contribution in [2.75, 3.05) is 11.6 Å². The number of benzene rings is 2. The van der Waals surface area contributed by atoms with Gasteiger partial charge in [0.25, 0.3) is 0 Å². The number of halogens is 1. The number of imidazole rings is 1. The summed E-state index contributed by atoms with van der Waals surface area (Å²) in [6.45, 7) is 1.94. The number of pyridine rings is 2. The molecule has 1 amide bonds. The van der Waals surface area contributed by atoms with Gasteiger partial charge in [-0.15, -0.1) is 0 Å². The number of nitrogens with two attached hydrogens (primary N) is 1. The Hall–Kier alpha value is -5.01. The van der Waals surface area contributed by atoms with Crippen LogP contribution in [0.25, 0.3) is 55.8 Å². The minimum atomic E-state index is -3.66. The molecule has 11 nitrogen and oxygen atoms in total. The number of anilines is 1. The molecule has 0 radical (unpaired) electrons. The lowest BCUT2D eigenvalue weighted by Crippen LogP contribution is -2.20. The van der Waals surface area contributed by atoms with Crippen molar-refractivity contribution in [1.29, 1.82) is 0 Å². The van der Waals surface area contributed by atoms with Gasteiger partial charge < -0.3 is 16.0 Å². The third-order valence-corrected chi connectivity index (χ3v) is 8.20. The zero-order valence-corrected chi connectivity index (χ0v) is 24.0. The zero-order valence-electron chi connectivity index (χ0n) is 23.2. The summed E-state index contributed by atoms with van der Waals surface area (Å²) in [6.07, 6.45) is 7.06. The first-order valence-electron chi connectivity index (χ1n) is 13.4. The van der Waals surface area contributed by atoms with Crippen molar-refractivity contribution in [2.24, 2.45) is 5.73 Å². The molecule has 4 aromatic heterocycles. The number of amides is 1. The number of rotatable bonds is 8. The van der Waals surface area contributed by atoms with E-state index in [1.165, 1.54) is 12.1 Å². The highest BCUT2D eigenvalue weighted by atomic mass is 32.2. The van der Waals surface area contributed by atoms with E-state index in [2.05, 4.69) is 30.5 Å². The van der Waals surface area contributed by atoms with Crippen LogP contribution in [0.15, 0.2) is 67.1 Å². The molecular weight excluding hydrogens is 571 g/mol. The summed E-state index contributed by atoms with van der Waals surface area (Å²) in [6, 6.07) is 13.3. The number of hydrogen-bond donors (Lipinski definition) is 4. The Bertz CT molecular complexity index is 2120. The molecule has 0 saturated heterocycles. The Morgan fingerprint density at radius 3 is 2.65 bits per heavy atom. The molecule has 0 fully saturated rings. The normalized spacial score (nSPS) is 12.6. The number of nitrogens with one attached hydrogen (secondary N) is 3. The van der Waals surface area contributed by atoms with Gasteiger partial charge in [0.15, 0.2) is 15.7 Å². The van der Waals surface area contributed by atoms with Crippen LogP contribution in [0.4, 0.5) is 10.1 Å². The van der Waals surface area contributed by atoms with Crippen LogP contribution in [-0.4, -0.2) is 50.7 Å². The van der Waals surface area contributed by atoms with Gasteiger partial charge in [0.1, 0.15) is 22.4 Å². The molecule has 6 rings (SSSR count). The van der Waals surface area contributed by atoms with E-state index in [-0.39, 0.29) is 11.5 Å². The lowest BCUT2D eigenvalue weighted by atomic mass is 10.0. The summed E-state index contributed by atoms with van der Waals surface area (Å²) in [4.78, 5) is 28.8. The predicted molar refractivity (Wildman–Crippen MR) is 163 cm³/mol. The first kappa shape index (κ1) is 28.1. The summed E-state index contributed by atoms with van der Waals surface area (Å²) in [5, 5.41) is 9.81. The number of carbonyl (C=O) groups excluding carboxylic acids is 1. The van der Waals surface area contributed by atoms with Crippen LogP contribution in [-0.2, 0) is 14.6 Å². The van der Waals surface area contributed by atoms with Crippen molar-refractivity contribution in [3.63, 3.8) is 0 Å². The first-order valence-corrected chi connectivity index (χ1v) is 15.4. The maximum Gasteiger partial charge on any atom is 0.224 e. The van der Waals surface area contributed by atoms with E-state index >= 15 is 0 Å². The molecule has 0 saturated carbocycles. The average molecular weight is 599 g/mol. The highest BCUT2D eigenvalue weighted by Crippen LogP contribution is 2.34. The molecular formula is C30H27FN8O3S. The summed E-state index contributed by atoms with van der Waals surface area (Å²) >= 11 is 0. The summed E-state index contributed by atoms with van der Waals surface area (Å²) in [5.41, 5.74) is 11.4. The Labute approximate surface area is 245 Å². The number of H-pyrrole nitrogens is 2. The molecule has 6 aromatic rings. The predicted octanol–water partition coefficient (Wildman–Crippen LogP) is 5.11. The third kappa shape index (κ3) is 5.59. The van der Waals surface area contributed by atoms with Crippen LogP contribution in [0.1, 0.15) is 30.7 Å². The van der Waals surface area contributed by atoms with Crippen molar-refractivity contribution in [3.05, 3.63) is 78.5 Å². The lowest BCUT2D eigenvalue weighted by Gasteiger charge is -2.12. The minimum absolute atomic E-state index is 0.0690. The smallest absolute Gasteiger partial charge is 0.224 e. The van der Waals surface area contributed by atoms with Gasteiger partial charge in [-0.1, -0.05) is 13.0 Å². The fourth-order valence-electron chi connectivity index (χ4n) is 4.91. The Morgan fingerprint density at radius 1 is 1.02 bits per heavy atom. The summed E-state index contributed by atoms with van der Waals surface area (Å²) in [7, 11) is -3.66. The number of hydrogen-bond acceptors (Lipinski definition) is 8. The van der Waals surface area contributed by atoms with Gasteiger partial charge in [-0.25, -0.2) is 17.8 Å². The van der Waals surface area contributed by atoms with E-state index in [1.807, 2.05) is 31.2 Å². The second kappa shape index (κ2) is 11.0. The fourth-order valence-corrected chi connectivity index (χ4v) is 5.54. The number of aromatic nitrogens is 6. The molecule has 13 heteroatoms. The van der Waals surface area contributed by atoms with Crippen LogP contribution in [0.2, 0.25) is 0 Å². The molecule has 1 atom stereocenters. The Morgan fingerprint density at radius 2 is 1.86 bits per heavy atom. The average Bonchev–Trinajstić information content (AvgIpc) is 3.60. The maximum atomic E-state index is 14.6. The third-order valence-electron chi connectivity index (χ3n) is 7.00. The zero-order chi connectivity index (χ0) is 30.3. The molecule has 1 unspecified atom stereocenters. The topological polar surface area (TPSA) is 172 Å². The van der Waals surface area contributed by atoms with Crippen LogP contribution in [0, 0.1) is 5.82 Å². The maximum absolute atomic E-state index is 14.6. The van der Waals surface area contributed by atoms with Crippen molar-refractivity contribution in [2.45, 2.75) is 25.1 Å². The molecule has 0 bridgehead atoms. The van der Waals surface area contributed by atoms with Crippen LogP contribution < -0.4 is 11.1 Å². The first-order chi connectivity index (χ1) is 20.6. The highest BCUT2D eigenvalue weighted by molar-refractivity contribution is 7.90. The molecule has 43 heavy (non-hydrogen) atoms. The minimum Gasteiger partial charge on any atom is -0.336 e. The van der Waals surface area contributed by atoms with E-state index in [1.54, 1.807) is 24.7 Å². The van der Waals surface area contributed by atoms with Gasteiger partial charge in [0.2, 0.25) is 5.91 Å². The van der Waals surface area contributed by atoms with Gasteiger partial charge in [0, 0.05) is 41.6 Å². The summed E-state index contributed by atoms with van der Waals surface area (Å²) < 4.78 is 38.7. The van der Waals surface area contributed by atoms with Gasteiger partial charge in [0.05, 0.1) is 28.6 Å². The molecule has 0 aliphatic carbocycles. The fraction of sp³-hybridized carbons (Fsp3) is 0.167. The van der Waals surface area contributed by atoms with Crippen LogP contribution in [0.3, 0.4) is 0 Å². The lowest BCUT2D eigenvalue weighted by molar-refractivity contribution is -0.116.